The normalized spacial score (nSPS) is 15.7. The summed E-state index contributed by atoms with van der Waals surface area (Å²) in [5.41, 5.74) is 3.12. The van der Waals surface area contributed by atoms with Gasteiger partial charge in [-0.15, -0.1) is 0 Å². The van der Waals surface area contributed by atoms with Crippen LogP contribution in [0.4, 0.5) is 0 Å². The molecule has 146 valence electrons. The molecule has 2 aromatic carbocycles. The minimum atomic E-state index is -0.352. The van der Waals surface area contributed by atoms with Crippen LogP contribution < -0.4 is 5.32 Å². The average Bonchev–Trinajstić information content (AvgIpc) is 3.07. The van der Waals surface area contributed by atoms with Gasteiger partial charge in [-0.1, -0.05) is 42.5 Å². The zero-order chi connectivity index (χ0) is 19.3. The lowest BCUT2D eigenvalue weighted by molar-refractivity contribution is -0.137. The Morgan fingerprint density at radius 3 is 2.61 bits per heavy atom. The number of ether oxygens (including phenoxy) is 1. The molecule has 0 radical (unpaired) electrons. The minimum Gasteiger partial charge on any atom is -0.378 e. The van der Waals surface area contributed by atoms with Crippen molar-refractivity contribution in [3.8, 4) is 0 Å². The van der Waals surface area contributed by atoms with Crippen molar-refractivity contribution in [2.75, 3.05) is 32.8 Å². The summed E-state index contributed by atoms with van der Waals surface area (Å²) in [6.45, 7) is 5.96. The molecule has 0 saturated carbocycles. The van der Waals surface area contributed by atoms with Gasteiger partial charge in [-0.25, -0.2) is 4.98 Å². The van der Waals surface area contributed by atoms with E-state index in [0.717, 1.165) is 29.0 Å². The standard InChI is InChI=1S/C22H26N4O2/c1-17-24-19-9-5-6-10-20(19)26(17)12-11-23-21(18-7-3-2-4-8-18)22(27)25-13-15-28-16-14-25/h2-10,21,23H,11-16H2,1H3/t21-/m0/s1. The number of nitrogens with one attached hydrogen (secondary N) is 1. The minimum absolute atomic E-state index is 0.113. The fourth-order valence-corrected chi connectivity index (χ4v) is 3.76. The molecule has 1 aliphatic heterocycles. The van der Waals surface area contributed by atoms with Crippen LogP contribution in [0.25, 0.3) is 11.0 Å². The highest BCUT2D eigenvalue weighted by molar-refractivity contribution is 5.83. The van der Waals surface area contributed by atoms with Gasteiger partial charge in [0, 0.05) is 26.2 Å². The highest BCUT2D eigenvalue weighted by Gasteiger charge is 2.26. The number of hydrogen-bond acceptors (Lipinski definition) is 4. The number of aromatic nitrogens is 2. The van der Waals surface area contributed by atoms with E-state index in [-0.39, 0.29) is 11.9 Å². The van der Waals surface area contributed by atoms with Gasteiger partial charge < -0.3 is 19.5 Å². The molecule has 6 heteroatoms. The van der Waals surface area contributed by atoms with Crippen LogP contribution in [0.2, 0.25) is 0 Å². The van der Waals surface area contributed by atoms with Crippen LogP contribution in [-0.4, -0.2) is 53.2 Å². The van der Waals surface area contributed by atoms with Crippen LogP contribution in [0, 0.1) is 6.92 Å². The Morgan fingerprint density at radius 2 is 1.82 bits per heavy atom. The zero-order valence-corrected chi connectivity index (χ0v) is 16.2. The molecule has 1 fully saturated rings. The summed E-state index contributed by atoms with van der Waals surface area (Å²) >= 11 is 0. The van der Waals surface area contributed by atoms with Crippen LogP contribution in [-0.2, 0) is 16.1 Å². The molecule has 4 rings (SSSR count). The molecule has 28 heavy (non-hydrogen) atoms. The van der Waals surface area contributed by atoms with Crippen molar-refractivity contribution in [1.29, 1.82) is 0 Å². The van der Waals surface area contributed by atoms with Crippen molar-refractivity contribution in [2.45, 2.75) is 19.5 Å². The van der Waals surface area contributed by atoms with Crippen LogP contribution in [0.1, 0.15) is 17.4 Å². The predicted octanol–water partition coefficient (Wildman–Crippen LogP) is 2.53. The van der Waals surface area contributed by atoms with Gasteiger partial charge in [0.2, 0.25) is 5.91 Å². The Kier molecular flexibility index (Phi) is 5.69. The monoisotopic (exact) mass is 378 g/mol. The van der Waals surface area contributed by atoms with Gasteiger partial charge in [0.15, 0.2) is 0 Å². The Hall–Kier alpha value is -2.70. The van der Waals surface area contributed by atoms with Gasteiger partial charge in [-0.05, 0) is 24.6 Å². The molecule has 1 saturated heterocycles. The first kappa shape index (κ1) is 18.7. The Balaban J connectivity index is 1.49. The zero-order valence-electron chi connectivity index (χ0n) is 16.2. The fraction of sp³-hybridized carbons (Fsp3) is 0.364. The second kappa shape index (κ2) is 8.54. The van der Waals surface area contributed by atoms with Gasteiger partial charge in [0.05, 0.1) is 24.2 Å². The Bertz CT molecular complexity index is 932. The third kappa shape index (κ3) is 3.93. The summed E-state index contributed by atoms with van der Waals surface area (Å²) in [4.78, 5) is 19.7. The summed E-state index contributed by atoms with van der Waals surface area (Å²) in [7, 11) is 0. The van der Waals surface area contributed by atoms with E-state index in [1.165, 1.54) is 0 Å². The molecular formula is C22H26N4O2. The third-order valence-electron chi connectivity index (χ3n) is 5.23. The molecule has 1 amide bonds. The Labute approximate surface area is 165 Å². The number of hydrogen-bond donors (Lipinski definition) is 1. The lowest BCUT2D eigenvalue weighted by Crippen LogP contribution is -2.46. The highest BCUT2D eigenvalue weighted by Crippen LogP contribution is 2.18. The average molecular weight is 378 g/mol. The van der Waals surface area contributed by atoms with E-state index in [0.29, 0.717) is 32.8 Å². The molecule has 1 atom stereocenters. The van der Waals surface area contributed by atoms with Gasteiger partial charge in [-0.2, -0.15) is 0 Å². The van der Waals surface area contributed by atoms with E-state index in [9.17, 15) is 4.79 Å². The first-order valence-electron chi connectivity index (χ1n) is 9.81. The molecule has 0 unspecified atom stereocenters. The number of carbonyl (C=O) groups excluding carboxylic acids is 1. The topological polar surface area (TPSA) is 59.4 Å². The lowest BCUT2D eigenvalue weighted by atomic mass is 10.1. The molecular weight excluding hydrogens is 352 g/mol. The van der Waals surface area contributed by atoms with Gasteiger partial charge in [0.1, 0.15) is 11.9 Å². The van der Waals surface area contributed by atoms with Crippen molar-refractivity contribution in [3.05, 3.63) is 66.0 Å². The number of imidazole rings is 1. The first-order valence-corrected chi connectivity index (χ1v) is 9.81. The number of nitrogens with zero attached hydrogens (tertiary/aromatic N) is 3. The molecule has 1 N–H and O–H groups in total. The molecule has 0 spiro atoms. The molecule has 1 aromatic heterocycles. The summed E-state index contributed by atoms with van der Waals surface area (Å²) in [6, 6.07) is 17.7. The number of morpholine rings is 1. The van der Waals surface area contributed by atoms with E-state index in [2.05, 4.69) is 20.9 Å². The van der Waals surface area contributed by atoms with E-state index in [1.54, 1.807) is 0 Å². The van der Waals surface area contributed by atoms with Crippen LogP contribution >= 0.6 is 0 Å². The maximum absolute atomic E-state index is 13.2. The van der Waals surface area contributed by atoms with Gasteiger partial charge in [-0.3, -0.25) is 4.79 Å². The molecule has 6 nitrogen and oxygen atoms in total. The number of amides is 1. The molecule has 0 aliphatic carbocycles. The maximum atomic E-state index is 13.2. The van der Waals surface area contributed by atoms with Crippen molar-refractivity contribution < 1.29 is 9.53 Å². The number of benzene rings is 2. The van der Waals surface area contributed by atoms with Crippen LogP contribution in [0.3, 0.4) is 0 Å². The van der Waals surface area contributed by atoms with Crippen molar-refractivity contribution in [3.63, 3.8) is 0 Å². The molecule has 3 aromatic rings. The first-order chi connectivity index (χ1) is 13.7. The van der Waals surface area contributed by atoms with Gasteiger partial charge in [0.25, 0.3) is 0 Å². The van der Waals surface area contributed by atoms with Gasteiger partial charge >= 0.3 is 0 Å². The van der Waals surface area contributed by atoms with E-state index >= 15 is 0 Å². The SMILES string of the molecule is Cc1nc2ccccc2n1CCN[C@H](C(=O)N1CCOCC1)c1ccccc1. The number of aryl methyl sites for hydroxylation is 1. The highest BCUT2D eigenvalue weighted by atomic mass is 16.5. The quantitative estimate of drug-likeness (QED) is 0.716. The van der Waals surface area contributed by atoms with Crippen LogP contribution in [0.15, 0.2) is 54.6 Å². The lowest BCUT2D eigenvalue weighted by Gasteiger charge is -2.31. The van der Waals surface area contributed by atoms with Crippen molar-refractivity contribution >= 4 is 16.9 Å². The van der Waals surface area contributed by atoms with Crippen molar-refractivity contribution in [1.82, 2.24) is 19.8 Å². The summed E-state index contributed by atoms with van der Waals surface area (Å²) in [6.07, 6.45) is 0. The fourth-order valence-electron chi connectivity index (χ4n) is 3.76. The van der Waals surface area contributed by atoms with E-state index in [4.69, 9.17) is 4.74 Å². The second-order valence-electron chi connectivity index (χ2n) is 7.03. The summed E-state index contributed by atoms with van der Waals surface area (Å²) < 4.78 is 7.59. The number of carbonyl (C=O) groups is 1. The van der Waals surface area contributed by atoms with Crippen LogP contribution in [0.5, 0.6) is 0 Å². The summed E-state index contributed by atoms with van der Waals surface area (Å²) in [5, 5.41) is 3.48. The van der Waals surface area contributed by atoms with E-state index in [1.807, 2.05) is 60.4 Å². The third-order valence-corrected chi connectivity index (χ3v) is 5.23. The maximum Gasteiger partial charge on any atom is 0.244 e. The number of fused-ring (bicyclic) bond motifs is 1. The molecule has 2 heterocycles. The summed E-state index contributed by atoms with van der Waals surface area (Å²) in [5.74, 6) is 1.10. The largest absolute Gasteiger partial charge is 0.378 e. The molecule has 1 aliphatic rings. The predicted molar refractivity (Wildman–Crippen MR) is 109 cm³/mol. The smallest absolute Gasteiger partial charge is 0.244 e. The van der Waals surface area contributed by atoms with E-state index < -0.39 is 0 Å². The van der Waals surface area contributed by atoms with Crippen molar-refractivity contribution in [2.24, 2.45) is 0 Å². The number of rotatable bonds is 6. The number of para-hydroxylation sites is 2. The Morgan fingerprint density at radius 1 is 1.11 bits per heavy atom. The second-order valence-corrected chi connectivity index (χ2v) is 7.03. The molecule has 0 bridgehead atoms.